The molecule has 0 heterocycles. The molecule has 0 aromatic heterocycles. The van der Waals surface area contributed by atoms with Crippen LogP contribution >= 0.6 is 0 Å². The van der Waals surface area contributed by atoms with E-state index in [0.717, 1.165) is 29.4 Å². The first kappa shape index (κ1) is 13.0. The molecule has 90 valence electrons. The number of rotatable bonds is 6. The molecule has 0 bridgehead atoms. The highest BCUT2D eigenvalue weighted by Gasteiger charge is 2.04. The van der Waals surface area contributed by atoms with Gasteiger partial charge in [-0.2, -0.15) is 0 Å². The van der Waals surface area contributed by atoms with Crippen LogP contribution in [0.5, 0.6) is 5.75 Å². The first-order valence-electron chi connectivity index (χ1n) is 5.39. The fourth-order valence-corrected chi connectivity index (χ4v) is 1.41. The highest BCUT2D eigenvalue weighted by molar-refractivity contribution is 5.86. The van der Waals surface area contributed by atoms with Crippen LogP contribution in [-0.4, -0.2) is 17.7 Å². The third-order valence-electron chi connectivity index (χ3n) is 2.22. The van der Waals surface area contributed by atoms with Gasteiger partial charge in [0.1, 0.15) is 5.75 Å². The molecule has 1 rings (SSSR count). The standard InChI is InChI=1S/C14H16O3/c1-3-4-10-17-14-11(2)6-5-7-12(14)8-9-13(15)16/h3,5-9H,1,4,10H2,2H3,(H,15,16)/b9-8+. The van der Waals surface area contributed by atoms with Gasteiger partial charge in [-0.25, -0.2) is 4.79 Å². The number of benzene rings is 1. The molecule has 0 saturated heterocycles. The van der Waals surface area contributed by atoms with Crippen LogP contribution in [0.3, 0.4) is 0 Å². The molecule has 0 atom stereocenters. The highest BCUT2D eigenvalue weighted by atomic mass is 16.5. The Morgan fingerprint density at radius 2 is 2.29 bits per heavy atom. The summed E-state index contributed by atoms with van der Waals surface area (Å²) in [6.07, 6.45) is 5.19. The maximum Gasteiger partial charge on any atom is 0.328 e. The minimum absolute atomic E-state index is 0.544. The second-order valence-corrected chi connectivity index (χ2v) is 3.59. The monoisotopic (exact) mass is 232 g/mol. The number of carboxylic acids is 1. The van der Waals surface area contributed by atoms with Crippen molar-refractivity contribution in [2.24, 2.45) is 0 Å². The lowest BCUT2D eigenvalue weighted by Crippen LogP contribution is -1.99. The van der Waals surface area contributed by atoms with Crippen LogP contribution in [0.15, 0.2) is 36.9 Å². The lowest BCUT2D eigenvalue weighted by atomic mass is 10.1. The SMILES string of the molecule is C=CCCOc1c(C)cccc1/C=C/C(=O)O. The largest absolute Gasteiger partial charge is 0.492 e. The molecule has 0 spiro atoms. The molecule has 1 N–H and O–H groups in total. The van der Waals surface area contributed by atoms with E-state index in [2.05, 4.69) is 6.58 Å². The molecule has 3 nitrogen and oxygen atoms in total. The van der Waals surface area contributed by atoms with E-state index in [4.69, 9.17) is 9.84 Å². The molecule has 1 aromatic rings. The summed E-state index contributed by atoms with van der Waals surface area (Å²) in [5, 5.41) is 8.61. The smallest absolute Gasteiger partial charge is 0.328 e. The third kappa shape index (κ3) is 4.15. The molecular formula is C14H16O3. The Balaban J connectivity index is 2.91. The first-order chi connectivity index (χ1) is 8.15. The molecule has 0 aliphatic rings. The van der Waals surface area contributed by atoms with Gasteiger partial charge in [0, 0.05) is 11.6 Å². The van der Waals surface area contributed by atoms with Gasteiger partial charge in [0.15, 0.2) is 0 Å². The van der Waals surface area contributed by atoms with Crippen LogP contribution in [-0.2, 0) is 4.79 Å². The second-order valence-electron chi connectivity index (χ2n) is 3.59. The van der Waals surface area contributed by atoms with Gasteiger partial charge in [0.2, 0.25) is 0 Å². The number of hydrogen-bond acceptors (Lipinski definition) is 2. The van der Waals surface area contributed by atoms with Crippen molar-refractivity contribution < 1.29 is 14.6 Å². The van der Waals surface area contributed by atoms with Crippen molar-refractivity contribution in [1.29, 1.82) is 0 Å². The zero-order chi connectivity index (χ0) is 12.7. The van der Waals surface area contributed by atoms with Crippen molar-refractivity contribution in [2.75, 3.05) is 6.61 Å². The summed E-state index contributed by atoms with van der Waals surface area (Å²) in [5.74, 6) is -0.240. The van der Waals surface area contributed by atoms with E-state index in [1.807, 2.05) is 25.1 Å². The molecule has 0 aliphatic heterocycles. The normalized spacial score (nSPS) is 10.4. The van der Waals surface area contributed by atoms with Crippen LogP contribution in [0.4, 0.5) is 0 Å². The second kappa shape index (κ2) is 6.53. The topological polar surface area (TPSA) is 46.5 Å². The molecule has 0 aliphatic carbocycles. The van der Waals surface area contributed by atoms with Crippen LogP contribution < -0.4 is 4.74 Å². The van der Waals surface area contributed by atoms with Gasteiger partial charge in [0.05, 0.1) is 6.61 Å². The number of para-hydroxylation sites is 1. The van der Waals surface area contributed by atoms with Gasteiger partial charge in [-0.3, -0.25) is 0 Å². The van der Waals surface area contributed by atoms with Crippen LogP contribution in [0.25, 0.3) is 6.08 Å². The Kier molecular flexibility index (Phi) is 5.01. The van der Waals surface area contributed by atoms with E-state index in [1.165, 1.54) is 0 Å². The quantitative estimate of drug-likeness (QED) is 0.466. The zero-order valence-corrected chi connectivity index (χ0v) is 9.85. The highest BCUT2D eigenvalue weighted by Crippen LogP contribution is 2.24. The first-order valence-corrected chi connectivity index (χ1v) is 5.39. The summed E-state index contributed by atoms with van der Waals surface area (Å²) < 4.78 is 5.63. The number of ether oxygens (including phenoxy) is 1. The van der Waals surface area contributed by atoms with E-state index in [-0.39, 0.29) is 0 Å². The Morgan fingerprint density at radius 3 is 2.94 bits per heavy atom. The van der Waals surface area contributed by atoms with E-state index in [0.29, 0.717) is 6.61 Å². The molecule has 17 heavy (non-hydrogen) atoms. The summed E-state index contributed by atoms with van der Waals surface area (Å²) in [4.78, 5) is 10.5. The van der Waals surface area contributed by atoms with Gasteiger partial charge >= 0.3 is 5.97 Å². The fourth-order valence-electron chi connectivity index (χ4n) is 1.41. The molecule has 0 amide bonds. The minimum atomic E-state index is -0.969. The minimum Gasteiger partial charge on any atom is -0.492 e. The lowest BCUT2D eigenvalue weighted by Gasteiger charge is -2.11. The summed E-state index contributed by atoms with van der Waals surface area (Å²) in [5.41, 5.74) is 1.76. The van der Waals surface area contributed by atoms with Crippen molar-refractivity contribution in [3.63, 3.8) is 0 Å². The van der Waals surface area contributed by atoms with E-state index >= 15 is 0 Å². The van der Waals surface area contributed by atoms with Gasteiger partial charge in [-0.15, -0.1) is 6.58 Å². The maximum absolute atomic E-state index is 10.5. The molecular weight excluding hydrogens is 216 g/mol. The zero-order valence-electron chi connectivity index (χ0n) is 9.85. The number of carboxylic acid groups (broad SMARTS) is 1. The van der Waals surface area contributed by atoms with Gasteiger partial charge < -0.3 is 9.84 Å². The van der Waals surface area contributed by atoms with Crippen molar-refractivity contribution >= 4 is 12.0 Å². The Morgan fingerprint density at radius 1 is 1.53 bits per heavy atom. The molecule has 1 aromatic carbocycles. The Bertz CT molecular complexity index is 433. The summed E-state index contributed by atoms with van der Waals surface area (Å²) in [6, 6.07) is 5.63. The van der Waals surface area contributed by atoms with Crippen molar-refractivity contribution in [3.05, 3.63) is 48.1 Å². The number of hydrogen-bond donors (Lipinski definition) is 1. The van der Waals surface area contributed by atoms with Crippen LogP contribution in [0.1, 0.15) is 17.5 Å². The van der Waals surface area contributed by atoms with Crippen LogP contribution in [0, 0.1) is 6.92 Å². The summed E-state index contributed by atoms with van der Waals surface area (Å²) in [6.45, 7) is 6.10. The van der Waals surface area contributed by atoms with E-state index in [1.54, 1.807) is 12.2 Å². The van der Waals surface area contributed by atoms with Crippen molar-refractivity contribution in [1.82, 2.24) is 0 Å². The predicted molar refractivity (Wildman–Crippen MR) is 68.2 cm³/mol. The fraction of sp³-hybridized carbons (Fsp3) is 0.214. The number of aliphatic carboxylic acids is 1. The molecule has 0 radical (unpaired) electrons. The predicted octanol–water partition coefficient (Wildman–Crippen LogP) is 3.05. The average molecular weight is 232 g/mol. The van der Waals surface area contributed by atoms with Gasteiger partial charge in [-0.05, 0) is 25.0 Å². The summed E-state index contributed by atoms with van der Waals surface area (Å²) in [7, 11) is 0. The van der Waals surface area contributed by atoms with Gasteiger partial charge in [0.25, 0.3) is 0 Å². The average Bonchev–Trinajstić information content (AvgIpc) is 2.29. The van der Waals surface area contributed by atoms with E-state index < -0.39 is 5.97 Å². The third-order valence-corrected chi connectivity index (χ3v) is 2.22. The Hall–Kier alpha value is -2.03. The molecule has 0 fully saturated rings. The van der Waals surface area contributed by atoms with E-state index in [9.17, 15) is 4.79 Å². The maximum atomic E-state index is 10.5. The Labute approximate surface area is 101 Å². The molecule has 3 heteroatoms. The van der Waals surface area contributed by atoms with Crippen molar-refractivity contribution in [2.45, 2.75) is 13.3 Å². The number of aryl methyl sites for hydroxylation is 1. The molecule has 0 saturated carbocycles. The molecule has 0 unspecified atom stereocenters. The van der Waals surface area contributed by atoms with Crippen LogP contribution in [0.2, 0.25) is 0 Å². The van der Waals surface area contributed by atoms with Gasteiger partial charge in [-0.1, -0.05) is 24.3 Å². The number of carbonyl (C=O) groups is 1. The summed E-state index contributed by atoms with van der Waals surface area (Å²) >= 11 is 0. The van der Waals surface area contributed by atoms with Crippen molar-refractivity contribution in [3.8, 4) is 5.75 Å². The lowest BCUT2D eigenvalue weighted by molar-refractivity contribution is -0.131.